The highest BCUT2D eigenvalue weighted by Gasteiger charge is 2.25. The van der Waals surface area contributed by atoms with E-state index in [4.69, 9.17) is 0 Å². The third-order valence-corrected chi connectivity index (χ3v) is 12.2. The molecule has 19 heavy (non-hydrogen) atoms. The summed E-state index contributed by atoms with van der Waals surface area (Å²) in [6.45, 7) is 7.23. The van der Waals surface area contributed by atoms with Crippen molar-refractivity contribution in [1.82, 2.24) is 0 Å². The minimum atomic E-state index is -0.901. The molecule has 0 spiro atoms. The van der Waals surface area contributed by atoms with Crippen LogP contribution in [0.3, 0.4) is 0 Å². The molecule has 1 aromatic rings. The molecule has 0 amide bonds. The lowest BCUT2D eigenvalue weighted by Crippen LogP contribution is -2.32. The van der Waals surface area contributed by atoms with Gasteiger partial charge < -0.3 is 4.90 Å². The van der Waals surface area contributed by atoms with E-state index in [1.165, 1.54) is 41.1 Å². The summed E-state index contributed by atoms with van der Waals surface area (Å²) >= 11 is 0. The van der Waals surface area contributed by atoms with Crippen molar-refractivity contribution in [1.29, 1.82) is 0 Å². The summed E-state index contributed by atoms with van der Waals surface area (Å²) in [7, 11) is 4.29. The number of hydrogen-bond donors (Lipinski definition) is 0. The van der Waals surface area contributed by atoms with Crippen LogP contribution >= 0.6 is 0 Å². The number of anilines is 1. The zero-order chi connectivity index (χ0) is 14.3. The first-order chi connectivity index (χ1) is 9.06. The summed E-state index contributed by atoms with van der Waals surface area (Å²) in [6, 6.07) is 16.4. The molecule has 0 unspecified atom stereocenters. The largest absolute Gasteiger partial charge is 0.378 e. The predicted octanol–water partition coefficient (Wildman–Crippen LogP) is 4.01. The monoisotopic (exact) mass is 291 g/mol. The van der Waals surface area contributed by atoms with Gasteiger partial charge in [-0.3, -0.25) is 0 Å². The molecule has 2 radical (unpaired) electrons. The van der Waals surface area contributed by atoms with Gasteiger partial charge in [0.25, 0.3) is 0 Å². The van der Waals surface area contributed by atoms with Crippen LogP contribution in [0.4, 0.5) is 5.69 Å². The second-order valence-corrected chi connectivity index (χ2v) is 12.7. The van der Waals surface area contributed by atoms with Gasteiger partial charge in [-0.15, -0.1) is 0 Å². The molecule has 3 heteroatoms. The summed E-state index contributed by atoms with van der Waals surface area (Å²) in [5, 5.41) is 1.52. The fourth-order valence-corrected chi connectivity index (χ4v) is 8.50. The first kappa shape index (κ1) is 16.5. The lowest BCUT2D eigenvalue weighted by atomic mass is 10.3. The van der Waals surface area contributed by atoms with Gasteiger partial charge in [0.2, 0.25) is 0 Å². The fourth-order valence-electron chi connectivity index (χ4n) is 2.63. The Bertz CT molecular complexity index is 347. The van der Waals surface area contributed by atoms with Gasteiger partial charge in [-0.2, -0.15) is 0 Å². The van der Waals surface area contributed by atoms with Crippen molar-refractivity contribution >= 4 is 28.5 Å². The van der Waals surface area contributed by atoms with Crippen LogP contribution in [0, 0.1) is 0 Å². The summed E-state index contributed by atoms with van der Waals surface area (Å²) < 4.78 is 0. The van der Waals surface area contributed by atoms with Gasteiger partial charge in [-0.05, 0) is 12.1 Å². The predicted molar refractivity (Wildman–Crippen MR) is 93.0 cm³/mol. The van der Waals surface area contributed by atoms with Crippen LogP contribution in [-0.4, -0.2) is 31.7 Å². The SMILES string of the molecule is CC[Si](CC)(CC)CC[Si]c1ccc(N(C)C)cc1. The summed E-state index contributed by atoms with van der Waals surface area (Å²) in [6.07, 6.45) is 0. The minimum absolute atomic E-state index is 0.901. The fraction of sp³-hybridized carbons (Fsp3) is 0.625. The maximum absolute atomic E-state index is 2.41. The summed E-state index contributed by atoms with van der Waals surface area (Å²) in [5.41, 5.74) is 1.30. The Labute approximate surface area is 123 Å². The molecule has 0 saturated heterocycles. The topological polar surface area (TPSA) is 3.24 Å². The van der Waals surface area contributed by atoms with E-state index in [2.05, 4.69) is 64.0 Å². The molecule has 0 heterocycles. The van der Waals surface area contributed by atoms with Crippen LogP contribution in [0.1, 0.15) is 20.8 Å². The maximum atomic E-state index is 2.41. The van der Waals surface area contributed by atoms with E-state index in [9.17, 15) is 0 Å². The van der Waals surface area contributed by atoms with E-state index in [1.54, 1.807) is 0 Å². The number of hydrogen-bond acceptors (Lipinski definition) is 1. The van der Waals surface area contributed by atoms with Gasteiger partial charge >= 0.3 is 0 Å². The Morgan fingerprint density at radius 3 is 1.89 bits per heavy atom. The van der Waals surface area contributed by atoms with Gasteiger partial charge in [0.1, 0.15) is 0 Å². The maximum Gasteiger partial charge on any atom is 0.0805 e. The van der Waals surface area contributed by atoms with Gasteiger partial charge in [0.05, 0.1) is 17.6 Å². The number of rotatable bonds is 8. The van der Waals surface area contributed by atoms with E-state index in [0.29, 0.717) is 0 Å². The van der Waals surface area contributed by atoms with Crippen LogP contribution in [0.5, 0.6) is 0 Å². The van der Waals surface area contributed by atoms with Gasteiger partial charge in [-0.1, -0.05) is 68.3 Å². The molecule has 0 atom stereocenters. The molecular formula is C16H29NSi2. The Kier molecular flexibility index (Phi) is 6.87. The molecule has 1 nitrogen and oxygen atoms in total. The van der Waals surface area contributed by atoms with Crippen LogP contribution in [0.2, 0.25) is 30.2 Å². The van der Waals surface area contributed by atoms with Crippen molar-refractivity contribution in [3.05, 3.63) is 24.3 Å². The first-order valence-corrected chi connectivity index (χ1v) is 11.6. The molecule has 0 bridgehead atoms. The highest BCUT2D eigenvalue weighted by Crippen LogP contribution is 2.26. The summed E-state index contributed by atoms with van der Waals surface area (Å²) in [5.74, 6) is 0. The van der Waals surface area contributed by atoms with Gasteiger partial charge in [0, 0.05) is 19.8 Å². The first-order valence-electron chi connectivity index (χ1n) is 7.58. The third-order valence-electron chi connectivity index (χ3n) is 4.62. The van der Waals surface area contributed by atoms with E-state index < -0.39 is 8.07 Å². The van der Waals surface area contributed by atoms with Crippen LogP contribution < -0.4 is 10.1 Å². The second kappa shape index (κ2) is 7.90. The quantitative estimate of drug-likeness (QED) is 0.654. The molecule has 1 rings (SSSR count). The second-order valence-electron chi connectivity index (χ2n) is 5.68. The Hall–Kier alpha value is -0.546. The van der Waals surface area contributed by atoms with Gasteiger partial charge in [0.15, 0.2) is 0 Å². The Balaban J connectivity index is 2.48. The van der Waals surface area contributed by atoms with E-state index in [1.807, 2.05) is 0 Å². The molecule has 106 valence electrons. The van der Waals surface area contributed by atoms with Crippen molar-refractivity contribution in [3.8, 4) is 0 Å². The van der Waals surface area contributed by atoms with Crippen LogP contribution in [0.15, 0.2) is 24.3 Å². The average molecular weight is 292 g/mol. The Morgan fingerprint density at radius 1 is 0.947 bits per heavy atom. The third kappa shape index (κ3) is 4.80. The zero-order valence-electron chi connectivity index (χ0n) is 13.3. The van der Waals surface area contributed by atoms with Crippen LogP contribution in [0.25, 0.3) is 0 Å². The zero-order valence-corrected chi connectivity index (χ0v) is 15.3. The molecule has 0 aliphatic heterocycles. The standard InChI is InChI=1S/C16H29NSi2/c1-6-19(7-2,8-3)14-13-18-16-11-9-15(10-12-16)17(4)5/h9-12H,6-8,13-14H2,1-5H3. The molecule has 0 aromatic heterocycles. The molecule has 0 fully saturated rings. The molecular weight excluding hydrogens is 262 g/mol. The average Bonchev–Trinajstić information content (AvgIpc) is 2.45. The van der Waals surface area contributed by atoms with Crippen molar-refractivity contribution < 1.29 is 0 Å². The summed E-state index contributed by atoms with van der Waals surface area (Å²) in [4.78, 5) is 2.16. The van der Waals surface area contributed by atoms with Crippen molar-refractivity contribution in [2.45, 2.75) is 51.0 Å². The highest BCUT2D eigenvalue weighted by molar-refractivity contribution is 6.80. The highest BCUT2D eigenvalue weighted by atomic mass is 28.3. The van der Waals surface area contributed by atoms with Crippen molar-refractivity contribution in [3.63, 3.8) is 0 Å². The smallest absolute Gasteiger partial charge is 0.0805 e. The molecule has 0 aliphatic carbocycles. The van der Waals surface area contributed by atoms with Gasteiger partial charge in [-0.25, -0.2) is 0 Å². The van der Waals surface area contributed by atoms with Crippen LogP contribution in [-0.2, 0) is 0 Å². The molecule has 1 aromatic carbocycles. The van der Waals surface area contributed by atoms with E-state index in [0.717, 1.165) is 9.52 Å². The molecule has 0 saturated carbocycles. The van der Waals surface area contributed by atoms with Crippen molar-refractivity contribution in [2.24, 2.45) is 0 Å². The normalized spacial score (nSPS) is 11.6. The Morgan fingerprint density at radius 2 is 1.47 bits per heavy atom. The number of benzene rings is 1. The lowest BCUT2D eigenvalue weighted by molar-refractivity contribution is 1.11. The van der Waals surface area contributed by atoms with E-state index >= 15 is 0 Å². The molecule has 0 aliphatic rings. The number of nitrogens with zero attached hydrogens (tertiary/aromatic N) is 1. The lowest BCUT2D eigenvalue weighted by Gasteiger charge is -2.27. The van der Waals surface area contributed by atoms with Crippen molar-refractivity contribution in [2.75, 3.05) is 19.0 Å². The van der Waals surface area contributed by atoms with E-state index in [-0.39, 0.29) is 0 Å². The molecule has 0 N–H and O–H groups in total. The minimum Gasteiger partial charge on any atom is -0.378 e.